The van der Waals surface area contributed by atoms with E-state index in [1.807, 2.05) is 6.92 Å². The van der Waals surface area contributed by atoms with Gasteiger partial charge in [-0.2, -0.15) is 0 Å². The number of ether oxygens (including phenoxy) is 1. The van der Waals surface area contributed by atoms with Crippen molar-refractivity contribution in [3.05, 3.63) is 83.4 Å². The zero-order valence-electron chi connectivity index (χ0n) is 18.8. The van der Waals surface area contributed by atoms with E-state index >= 15 is 0 Å². The first-order valence-corrected chi connectivity index (χ1v) is 10.9. The van der Waals surface area contributed by atoms with Gasteiger partial charge in [-0.05, 0) is 73.7 Å². The van der Waals surface area contributed by atoms with E-state index in [1.165, 1.54) is 18.2 Å². The number of amides is 4. The zero-order valence-corrected chi connectivity index (χ0v) is 18.8. The van der Waals surface area contributed by atoms with E-state index in [1.54, 1.807) is 55.5 Å². The van der Waals surface area contributed by atoms with E-state index in [0.717, 1.165) is 4.90 Å². The standard InChI is InChI=1S/C26H23N3O5/c1-3-23(30)27-17-6-8-18(9-7-17)28-24(31)16-5-14-21-22(15-16)26(33)29(25(21)32)19-10-12-20(13-11-19)34-4-2/h5-15H,3-4H2,1-2H3,(H,27,30)(H,28,31). The Balaban J connectivity index is 1.50. The summed E-state index contributed by atoms with van der Waals surface area (Å²) in [6.07, 6.45) is 0.369. The molecule has 4 rings (SSSR count). The van der Waals surface area contributed by atoms with Gasteiger partial charge in [-0.25, -0.2) is 4.90 Å². The highest BCUT2D eigenvalue weighted by Crippen LogP contribution is 2.30. The first-order chi connectivity index (χ1) is 16.4. The molecule has 3 aromatic carbocycles. The average Bonchev–Trinajstić information content (AvgIpc) is 3.10. The van der Waals surface area contributed by atoms with Crippen molar-refractivity contribution in [2.24, 2.45) is 0 Å². The van der Waals surface area contributed by atoms with Gasteiger partial charge in [0, 0.05) is 23.4 Å². The number of carbonyl (C=O) groups is 4. The predicted octanol–water partition coefficient (Wildman–Crippen LogP) is 4.49. The summed E-state index contributed by atoms with van der Waals surface area (Å²) in [6, 6.07) is 17.8. The first-order valence-electron chi connectivity index (χ1n) is 10.9. The van der Waals surface area contributed by atoms with Crippen LogP contribution in [0.2, 0.25) is 0 Å². The van der Waals surface area contributed by atoms with Crippen molar-refractivity contribution >= 4 is 40.7 Å². The van der Waals surface area contributed by atoms with Gasteiger partial charge in [0.15, 0.2) is 0 Å². The molecule has 1 aliphatic rings. The van der Waals surface area contributed by atoms with Gasteiger partial charge in [0.2, 0.25) is 5.91 Å². The third kappa shape index (κ3) is 4.52. The molecule has 4 amide bonds. The second-order valence-corrected chi connectivity index (χ2v) is 7.57. The minimum absolute atomic E-state index is 0.103. The lowest BCUT2D eigenvalue weighted by molar-refractivity contribution is -0.115. The third-order valence-corrected chi connectivity index (χ3v) is 5.30. The molecular formula is C26H23N3O5. The van der Waals surface area contributed by atoms with Gasteiger partial charge in [0.25, 0.3) is 17.7 Å². The number of imide groups is 1. The summed E-state index contributed by atoms with van der Waals surface area (Å²) in [5.41, 5.74) is 2.24. The molecule has 1 aliphatic heterocycles. The molecule has 0 radical (unpaired) electrons. The lowest BCUT2D eigenvalue weighted by Gasteiger charge is -2.14. The Morgan fingerprint density at radius 2 is 1.41 bits per heavy atom. The molecule has 0 fully saturated rings. The monoisotopic (exact) mass is 457 g/mol. The molecule has 34 heavy (non-hydrogen) atoms. The fraction of sp³-hybridized carbons (Fsp3) is 0.154. The van der Waals surface area contributed by atoms with E-state index in [2.05, 4.69) is 10.6 Å². The summed E-state index contributed by atoms with van der Waals surface area (Å²) < 4.78 is 5.41. The van der Waals surface area contributed by atoms with E-state index in [4.69, 9.17) is 4.74 Å². The Bertz CT molecular complexity index is 1270. The number of anilines is 3. The first kappa shape index (κ1) is 22.7. The average molecular weight is 457 g/mol. The lowest BCUT2D eigenvalue weighted by Crippen LogP contribution is -2.29. The van der Waals surface area contributed by atoms with E-state index in [9.17, 15) is 19.2 Å². The minimum Gasteiger partial charge on any atom is -0.494 e. The second-order valence-electron chi connectivity index (χ2n) is 7.57. The van der Waals surface area contributed by atoms with Crippen LogP contribution >= 0.6 is 0 Å². The molecule has 3 aromatic rings. The smallest absolute Gasteiger partial charge is 0.266 e. The fourth-order valence-corrected chi connectivity index (χ4v) is 3.56. The van der Waals surface area contributed by atoms with Crippen LogP contribution in [0.1, 0.15) is 51.3 Å². The van der Waals surface area contributed by atoms with Crippen molar-refractivity contribution in [1.82, 2.24) is 0 Å². The van der Waals surface area contributed by atoms with Gasteiger partial charge < -0.3 is 15.4 Å². The molecule has 0 aliphatic carbocycles. The highest BCUT2D eigenvalue weighted by Gasteiger charge is 2.37. The number of hydrogen-bond donors (Lipinski definition) is 2. The van der Waals surface area contributed by atoms with Crippen LogP contribution < -0.4 is 20.3 Å². The number of rotatable bonds is 7. The number of fused-ring (bicyclic) bond motifs is 1. The van der Waals surface area contributed by atoms with Crippen LogP contribution in [-0.2, 0) is 4.79 Å². The van der Waals surface area contributed by atoms with E-state index < -0.39 is 17.7 Å². The van der Waals surface area contributed by atoms with Crippen molar-refractivity contribution in [2.75, 3.05) is 22.1 Å². The fourth-order valence-electron chi connectivity index (χ4n) is 3.56. The lowest BCUT2D eigenvalue weighted by atomic mass is 10.1. The number of benzene rings is 3. The van der Waals surface area contributed by atoms with Crippen LogP contribution in [0.15, 0.2) is 66.7 Å². The van der Waals surface area contributed by atoms with Crippen LogP contribution in [-0.4, -0.2) is 30.2 Å². The van der Waals surface area contributed by atoms with Gasteiger partial charge in [0.05, 0.1) is 23.4 Å². The number of nitrogens with one attached hydrogen (secondary N) is 2. The van der Waals surface area contributed by atoms with Gasteiger partial charge in [-0.15, -0.1) is 0 Å². The molecule has 0 unspecified atom stereocenters. The normalized spacial score (nSPS) is 12.4. The van der Waals surface area contributed by atoms with Gasteiger partial charge >= 0.3 is 0 Å². The molecule has 0 spiro atoms. The number of hydrogen-bond acceptors (Lipinski definition) is 5. The Morgan fingerprint density at radius 1 is 0.794 bits per heavy atom. The van der Waals surface area contributed by atoms with Gasteiger partial charge in [-0.3, -0.25) is 19.2 Å². The molecule has 1 heterocycles. The van der Waals surface area contributed by atoms with E-state index in [0.29, 0.717) is 35.8 Å². The maximum absolute atomic E-state index is 13.0. The van der Waals surface area contributed by atoms with E-state index in [-0.39, 0.29) is 22.6 Å². The SMILES string of the molecule is CCOc1ccc(N2C(=O)c3ccc(C(=O)Nc4ccc(NC(=O)CC)cc4)cc3C2=O)cc1. The molecule has 2 N–H and O–H groups in total. The molecule has 0 bridgehead atoms. The third-order valence-electron chi connectivity index (χ3n) is 5.30. The highest BCUT2D eigenvalue weighted by molar-refractivity contribution is 6.34. The van der Waals surface area contributed by atoms with Crippen molar-refractivity contribution in [2.45, 2.75) is 20.3 Å². The molecule has 0 aromatic heterocycles. The maximum Gasteiger partial charge on any atom is 0.266 e. The largest absolute Gasteiger partial charge is 0.494 e. The molecule has 8 nitrogen and oxygen atoms in total. The predicted molar refractivity (Wildman–Crippen MR) is 129 cm³/mol. The van der Waals surface area contributed by atoms with Crippen molar-refractivity contribution in [1.29, 1.82) is 0 Å². The van der Waals surface area contributed by atoms with Crippen LogP contribution in [0.5, 0.6) is 5.75 Å². The molecule has 0 atom stereocenters. The quantitative estimate of drug-likeness (QED) is 0.509. The zero-order chi connectivity index (χ0) is 24.2. The van der Waals surface area contributed by atoms with Gasteiger partial charge in [0.1, 0.15) is 5.75 Å². The van der Waals surface area contributed by atoms with Crippen LogP contribution in [0.4, 0.5) is 17.1 Å². The Morgan fingerprint density at radius 3 is 2.03 bits per heavy atom. The Kier molecular flexibility index (Phi) is 6.40. The summed E-state index contributed by atoms with van der Waals surface area (Å²) in [5, 5.41) is 5.49. The van der Waals surface area contributed by atoms with Crippen LogP contribution in [0.25, 0.3) is 0 Å². The van der Waals surface area contributed by atoms with Crippen molar-refractivity contribution < 1.29 is 23.9 Å². The minimum atomic E-state index is -0.491. The highest BCUT2D eigenvalue weighted by atomic mass is 16.5. The second kappa shape index (κ2) is 9.58. The van der Waals surface area contributed by atoms with Crippen LogP contribution in [0.3, 0.4) is 0 Å². The molecular weight excluding hydrogens is 434 g/mol. The summed E-state index contributed by atoms with van der Waals surface area (Å²) >= 11 is 0. The number of carbonyl (C=O) groups excluding carboxylic acids is 4. The Hall–Kier alpha value is -4.46. The summed E-state index contributed by atoms with van der Waals surface area (Å²) in [6.45, 7) is 4.14. The van der Waals surface area contributed by atoms with Crippen LogP contribution in [0, 0.1) is 0 Å². The molecule has 0 saturated carbocycles. The molecule has 172 valence electrons. The van der Waals surface area contributed by atoms with Gasteiger partial charge in [-0.1, -0.05) is 6.92 Å². The molecule has 0 saturated heterocycles. The van der Waals surface area contributed by atoms with Crippen molar-refractivity contribution in [3.8, 4) is 5.75 Å². The topological polar surface area (TPSA) is 105 Å². The summed E-state index contributed by atoms with van der Waals surface area (Å²) in [4.78, 5) is 51.2. The maximum atomic E-state index is 13.0. The Labute approximate surface area is 196 Å². The summed E-state index contributed by atoms with van der Waals surface area (Å²) in [5.74, 6) is -0.820. The van der Waals surface area contributed by atoms with Crippen molar-refractivity contribution in [3.63, 3.8) is 0 Å². The number of nitrogens with zero attached hydrogens (tertiary/aromatic N) is 1. The summed E-state index contributed by atoms with van der Waals surface area (Å²) in [7, 11) is 0. The molecule has 8 heteroatoms.